The van der Waals surface area contributed by atoms with E-state index in [0.29, 0.717) is 0 Å². The Labute approximate surface area is 54.7 Å². The van der Waals surface area contributed by atoms with Crippen LogP contribution in [0.4, 0.5) is 0 Å². The van der Waals surface area contributed by atoms with Gasteiger partial charge in [0.05, 0.1) is 0 Å². The summed E-state index contributed by atoms with van der Waals surface area (Å²) < 4.78 is 0. The number of hydrogen-bond acceptors (Lipinski definition) is 2. The van der Waals surface area contributed by atoms with Gasteiger partial charge >= 0.3 is 0 Å². The van der Waals surface area contributed by atoms with Crippen LogP contribution >= 0.6 is 8.58 Å². The number of H-pyrrole nitrogens is 1. The van der Waals surface area contributed by atoms with E-state index in [4.69, 9.17) is 0 Å². The highest BCUT2D eigenvalue weighted by Gasteiger charge is 1.96. The van der Waals surface area contributed by atoms with Crippen molar-refractivity contribution in [3.8, 4) is 0 Å². The zero-order chi connectivity index (χ0) is 6.69. The van der Waals surface area contributed by atoms with Crippen molar-refractivity contribution in [1.29, 1.82) is 0 Å². The Balaban J connectivity index is 2.58. The molecule has 0 aliphatic heterocycles. The smallest absolute Gasteiger partial charge is 0.155 e. The van der Waals surface area contributed by atoms with Crippen molar-refractivity contribution in [2.45, 2.75) is 6.92 Å². The Hall–Kier alpha value is -0.690. The second-order valence-electron chi connectivity index (χ2n) is 1.62. The minimum atomic E-state index is 0.157. The van der Waals surface area contributed by atoms with Gasteiger partial charge in [0.1, 0.15) is 5.57 Å². The third-order valence-corrected chi connectivity index (χ3v) is 1.65. The summed E-state index contributed by atoms with van der Waals surface area (Å²) in [7, 11) is 0.180. The maximum atomic E-state index is 10.5. The second-order valence-corrected chi connectivity index (χ2v) is 3.05. The van der Waals surface area contributed by atoms with Crippen LogP contribution in [0.25, 0.3) is 0 Å². The molecule has 0 spiro atoms. The van der Waals surface area contributed by atoms with E-state index in [9.17, 15) is 4.79 Å². The fourth-order valence-corrected chi connectivity index (χ4v) is 1.13. The fraction of sp³-hybridized carbons (Fsp3) is 0.200. The van der Waals surface area contributed by atoms with Gasteiger partial charge < -0.3 is 4.98 Å². The number of carbonyl (C=O) groups excluding carboxylic acids is 1. The van der Waals surface area contributed by atoms with Gasteiger partial charge in [-0.05, 0) is 6.92 Å². The molecule has 1 unspecified atom stereocenters. The summed E-state index contributed by atoms with van der Waals surface area (Å²) in [6.45, 7) is 1.56. The second kappa shape index (κ2) is 2.74. The molecule has 0 aliphatic carbocycles. The van der Waals surface area contributed by atoms with E-state index in [1.54, 1.807) is 19.3 Å². The van der Waals surface area contributed by atoms with Crippen molar-refractivity contribution in [3.63, 3.8) is 0 Å². The minimum Gasteiger partial charge on any atom is -0.345 e. The van der Waals surface area contributed by atoms with Crippen molar-refractivity contribution >= 4 is 19.7 Å². The lowest BCUT2D eigenvalue weighted by Crippen LogP contribution is -2.00. The van der Waals surface area contributed by atoms with Gasteiger partial charge in [0, 0.05) is 21.0 Å². The van der Waals surface area contributed by atoms with Crippen LogP contribution in [0.1, 0.15) is 6.92 Å². The lowest BCUT2D eigenvalue weighted by atomic mass is 10.9. The summed E-state index contributed by atoms with van der Waals surface area (Å²) in [5.74, 6) is 0. The molecule has 0 amide bonds. The van der Waals surface area contributed by atoms with E-state index in [0.717, 1.165) is 5.57 Å². The number of nitrogens with zero attached hydrogens (tertiary/aromatic N) is 1. The molecule has 1 aromatic rings. The van der Waals surface area contributed by atoms with Crippen LogP contribution in [0.3, 0.4) is 0 Å². The number of imidazole rings is 1. The molecule has 0 saturated heterocycles. The van der Waals surface area contributed by atoms with Crippen molar-refractivity contribution in [2.24, 2.45) is 0 Å². The summed E-state index contributed by atoms with van der Waals surface area (Å²) in [6, 6.07) is 0. The number of aromatic nitrogens is 2. The van der Waals surface area contributed by atoms with E-state index in [2.05, 4.69) is 9.97 Å². The topological polar surface area (TPSA) is 45.8 Å². The van der Waals surface area contributed by atoms with Crippen LogP contribution in [0, 0.1) is 0 Å². The van der Waals surface area contributed by atoms with E-state index in [1.807, 2.05) is 0 Å². The molecule has 3 nitrogen and oxygen atoms in total. The van der Waals surface area contributed by atoms with Crippen LogP contribution in [0.5, 0.6) is 0 Å². The molecule has 4 heteroatoms. The first-order chi connectivity index (χ1) is 4.29. The molecule has 0 fully saturated rings. The largest absolute Gasteiger partial charge is 0.345 e. The molecule has 9 heavy (non-hydrogen) atoms. The number of rotatable bonds is 2. The van der Waals surface area contributed by atoms with Gasteiger partial charge in [-0.25, -0.2) is 4.98 Å². The molecule has 48 valence electrons. The van der Waals surface area contributed by atoms with Gasteiger partial charge in [-0.15, -0.1) is 0 Å². The van der Waals surface area contributed by atoms with Crippen molar-refractivity contribution in [1.82, 2.24) is 9.97 Å². The Kier molecular flexibility index (Phi) is 1.96. The number of nitrogens with one attached hydrogen (secondary N) is 1. The van der Waals surface area contributed by atoms with Gasteiger partial charge in [0.15, 0.2) is 5.52 Å². The van der Waals surface area contributed by atoms with Gasteiger partial charge in [0.2, 0.25) is 0 Å². The predicted octanol–water partition coefficient (Wildman–Crippen LogP) is 0.260. The van der Waals surface area contributed by atoms with E-state index < -0.39 is 0 Å². The standard InChI is InChI=1S/C5H7N2OP/c1-4(8)9-5-6-2-3-7-5/h2-3,9H,1H3,(H,6,7). The Morgan fingerprint density at radius 3 is 3.11 bits per heavy atom. The molecule has 1 heterocycles. The van der Waals surface area contributed by atoms with E-state index >= 15 is 0 Å². The zero-order valence-electron chi connectivity index (χ0n) is 5.01. The third-order valence-electron chi connectivity index (χ3n) is 0.793. The SMILES string of the molecule is CC(=O)Pc1ncc[nH]1. The van der Waals surface area contributed by atoms with Gasteiger partial charge in [0.25, 0.3) is 0 Å². The van der Waals surface area contributed by atoms with Crippen molar-refractivity contribution < 1.29 is 4.79 Å². The highest BCUT2D eigenvalue weighted by molar-refractivity contribution is 7.64. The summed E-state index contributed by atoms with van der Waals surface area (Å²) >= 11 is 0. The average Bonchev–Trinajstić information content (AvgIpc) is 2.15. The van der Waals surface area contributed by atoms with Gasteiger partial charge in [-0.1, -0.05) is 0 Å². The highest BCUT2D eigenvalue weighted by Crippen LogP contribution is 2.05. The summed E-state index contributed by atoms with van der Waals surface area (Å²) in [4.78, 5) is 17.2. The van der Waals surface area contributed by atoms with Crippen LogP contribution in [0.2, 0.25) is 0 Å². The van der Waals surface area contributed by atoms with Crippen LogP contribution in [-0.4, -0.2) is 15.5 Å². The highest BCUT2D eigenvalue weighted by atomic mass is 31.1. The minimum absolute atomic E-state index is 0.157. The van der Waals surface area contributed by atoms with Gasteiger partial charge in [-0.2, -0.15) is 0 Å². The van der Waals surface area contributed by atoms with Crippen molar-refractivity contribution in [3.05, 3.63) is 12.4 Å². The molecule has 0 saturated carbocycles. The molecular weight excluding hydrogens is 135 g/mol. The van der Waals surface area contributed by atoms with E-state index in [-0.39, 0.29) is 14.1 Å². The van der Waals surface area contributed by atoms with Crippen LogP contribution < -0.4 is 5.57 Å². The van der Waals surface area contributed by atoms with E-state index in [1.165, 1.54) is 0 Å². The monoisotopic (exact) mass is 142 g/mol. The fourth-order valence-electron chi connectivity index (χ4n) is 0.500. The Morgan fingerprint density at radius 1 is 1.89 bits per heavy atom. The Morgan fingerprint density at radius 2 is 2.67 bits per heavy atom. The number of carbonyl (C=O) groups is 1. The first kappa shape index (κ1) is 6.43. The average molecular weight is 142 g/mol. The maximum Gasteiger partial charge on any atom is 0.155 e. The van der Waals surface area contributed by atoms with Crippen LogP contribution in [0.15, 0.2) is 12.4 Å². The number of hydrogen-bond donors (Lipinski definition) is 1. The lowest BCUT2D eigenvalue weighted by molar-refractivity contribution is -0.109. The van der Waals surface area contributed by atoms with Crippen LogP contribution in [-0.2, 0) is 4.79 Å². The molecule has 1 aromatic heterocycles. The summed E-state index contributed by atoms with van der Waals surface area (Å²) in [5, 5.41) is 0. The molecule has 1 atom stereocenters. The normalized spacial score (nSPS) is 10.8. The lowest BCUT2D eigenvalue weighted by Gasteiger charge is -1.86. The molecule has 0 aliphatic rings. The molecule has 1 rings (SSSR count). The van der Waals surface area contributed by atoms with Gasteiger partial charge in [-0.3, -0.25) is 4.79 Å². The maximum absolute atomic E-state index is 10.5. The molecule has 0 radical (unpaired) electrons. The zero-order valence-corrected chi connectivity index (χ0v) is 6.01. The van der Waals surface area contributed by atoms with Crippen molar-refractivity contribution in [2.75, 3.05) is 0 Å². The Bertz CT molecular complexity index is 195. The quantitative estimate of drug-likeness (QED) is 0.602. The first-order valence-corrected chi connectivity index (χ1v) is 3.56. The molecule has 0 bridgehead atoms. The third kappa shape index (κ3) is 1.94. The predicted molar refractivity (Wildman–Crippen MR) is 37.2 cm³/mol. The molecule has 0 aromatic carbocycles. The summed E-state index contributed by atoms with van der Waals surface area (Å²) in [5.41, 5.74) is 0.924. The summed E-state index contributed by atoms with van der Waals surface area (Å²) in [6.07, 6.45) is 3.36. The number of aromatic amines is 1. The molecular formula is C5H7N2OP. The molecule has 1 N–H and O–H groups in total. The first-order valence-electron chi connectivity index (χ1n) is 2.56.